The standard InChI is InChI=1S/C13H17Cl/c1-10-5-7-11(8-6-10)12-3-2-4-13(14)9-12/h2-4,9-11H,5-8H2,1H3. The van der Waals surface area contributed by atoms with E-state index in [9.17, 15) is 0 Å². The molecule has 1 aromatic rings. The molecule has 0 saturated heterocycles. The molecule has 0 bridgehead atoms. The quantitative estimate of drug-likeness (QED) is 0.631. The van der Waals surface area contributed by atoms with E-state index in [1.165, 1.54) is 31.2 Å². The van der Waals surface area contributed by atoms with Gasteiger partial charge in [-0.1, -0.05) is 43.5 Å². The van der Waals surface area contributed by atoms with Gasteiger partial charge in [-0.3, -0.25) is 0 Å². The molecule has 0 atom stereocenters. The largest absolute Gasteiger partial charge is 0.0843 e. The van der Waals surface area contributed by atoms with E-state index in [4.69, 9.17) is 11.6 Å². The molecule has 0 heterocycles. The third-order valence-corrected chi connectivity index (χ3v) is 3.57. The molecule has 1 aliphatic carbocycles. The van der Waals surface area contributed by atoms with Gasteiger partial charge in [-0.15, -0.1) is 0 Å². The topological polar surface area (TPSA) is 0 Å². The molecule has 0 N–H and O–H groups in total. The Bertz CT molecular complexity index is 298. The summed E-state index contributed by atoms with van der Waals surface area (Å²) in [4.78, 5) is 0. The first-order chi connectivity index (χ1) is 6.75. The van der Waals surface area contributed by atoms with Crippen molar-refractivity contribution in [2.24, 2.45) is 5.92 Å². The summed E-state index contributed by atoms with van der Waals surface area (Å²) in [6.45, 7) is 2.36. The summed E-state index contributed by atoms with van der Waals surface area (Å²) in [5.41, 5.74) is 1.43. The van der Waals surface area contributed by atoms with Crippen LogP contribution in [0.15, 0.2) is 24.3 Å². The zero-order valence-corrected chi connectivity index (χ0v) is 9.43. The normalized spacial score (nSPS) is 27.6. The van der Waals surface area contributed by atoms with Crippen molar-refractivity contribution in [2.45, 2.75) is 38.5 Å². The van der Waals surface area contributed by atoms with Crippen LogP contribution in [0.4, 0.5) is 0 Å². The Morgan fingerprint density at radius 1 is 1.14 bits per heavy atom. The first kappa shape index (κ1) is 10.0. The minimum absolute atomic E-state index is 0.755. The van der Waals surface area contributed by atoms with Crippen LogP contribution < -0.4 is 0 Å². The van der Waals surface area contributed by atoms with Crippen LogP contribution in [0, 0.1) is 5.92 Å². The molecule has 0 aromatic heterocycles. The Balaban J connectivity index is 2.08. The summed E-state index contributed by atoms with van der Waals surface area (Å²) in [5, 5.41) is 0.876. The van der Waals surface area contributed by atoms with E-state index in [1.54, 1.807) is 0 Å². The molecule has 1 aliphatic rings. The van der Waals surface area contributed by atoms with Crippen LogP contribution in [0.25, 0.3) is 0 Å². The maximum atomic E-state index is 5.99. The van der Waals surface area contributed by atoms with Gasteiger partial charge in [-0.2, -0.15) is 0 Å². The lowest BCUT2D eigenvalue weighted by atomic mass is 9.79. The highest BCUT2D eigenvalue weighted by Gasteiger charge is 2.19. The smallest absolute Gasteiger partial charge is 0.0408 e. The molecular formula is C13H17Cl. The van der Waals surface area contributed by atoms with Gasteiger partial charge in [0.15, 0.2) is 0 Å². The number of rotatable bonds is 1. The van der Waals surface area contributed by atoms with Crippen molar-refractivity contribution in [3.8, 4) is 0 Å². The maximum absolute atomic E-state index is 5.99. The van der Waals surface area contributed by atoms with Crippen molar-refractivity contribution in [3.63, 3.8) is 0 Å². The lowest BCUT2D eigenvalue weighted by Gasteiger charge is -2.26. The van der Waals surface area contributed by atoms with E-state index in [1.807, 2.05) is 6.07 Å². The van der Waals surface area contributed by atoms with Gasteiger partial charge in [-0.25, -0.2) is 0 Å². The average Bonchev–Trinajstić information content (AvgIpc) is 2.19. The van der Waals surface area contributed by atoms with E-state index in [0.29, 0.717) is 0 Å². The molecule has 0 spiro atoms. The minimum Gasteiger partial charge on any atom is -0.0843 e. The summed E-state index contributed by atoms with van der Waals surface area (Å²) in [5.74, 6) is 1.68. The highest BCUT2D eigenvalue weighted by Crippen LogP contribution is 2.35. The van der Waals surface area contributed by atoms with E-state index >= 15 is 0 Å². The van der Waals surface area contributed by atoms with Crippen molar-refractivity contribution >= 4 is 11.6 Å². The van der Waals surface area contributed by atoms with Gasteiger partial charge in [0.2, 0.25) is 0 Å². The number of benzene rings is 1. The van der Waals surface area contributed by atoms with Gasteiger partial charge >= 0.3 is 0 Å². The number of halogens is 1. The van der Waals surface area contributed by atoms with E-state index in [2.05, 4.69) is 25.1 Å². The van der Waals surface area contributed by atoms with E-state index < -0.39 is 0 Å². The van der Waals surface area contributed by atoms with Crippen molar-refractivity contribution in [1.29, 1.82) is 0 Å². The molecule has 1 saturated carbocycles. The number of hydrogen-bond acceptors (Lipinski definition) is 0. The highest BCUT2D eigenvalue weighted by molar-refractivity contribution is 6.30. The molecule has 1 heteroatoms. The zero-order valence-electron chi connectivity index (χ0n) is 8.67. The van der Waals surface area contributed by atoms with Gasteiger partial charge in [-0.05, 0) is 42.4 Å². The van der Waals surface area contributed by atoms with Gasteiger partial charge in [0.1, 0.15) is 0 Å². The van der Waals surface area contributed by atoms with Crippen LogP contribution in [0.1, 0.15) is 44.1 Å². The Kier molecular flexibility index (Phi) is 3.12. The predicted molar refractivity (Wildman–Crippen MR) is 61.8 cm³/mol. The Morgan fingerprint density at radius 2 is 1.86 bits per heavy atom. The molecule has 0 aliphatic heterocycles. The first-order valence-electron chi connectivity index (χ1n) is 5.51. The molecule has 0 radical (unpaired) electrons. The summed E-state index contributed by atoms with van der Waals surface area (Å²) in [6, 6.07) is 8.36. The first-order valence-corrected chi connectivity index (χ1v) is 5.89. The maximum Gasteiger partial charge on any atom is 0.0408 e. The molecule has 1 aromatic carbocycles. The SMILES string of the molecule is CC1CCC(c2cccc(Cl)c2)CC1. The molecule has 0 nitrogen and oxygen atoms in total. The summed E-state index contributed by atoms with van der Waals surface area (Å²) in [6.07, 6.45) is 5.41. The fourth-order valence-electron chi connectivity index (χ4n) is 2.35. The Morgan fingerprint density at radius 3 is 2.50 bits per heavy atom. The van der Waals surface area contributed by atoms with Crippen LogP contribution in [-0.4, -0.2) is 0 Å². The predicted octanol–water partition coefficient (Wildman–Crippen LogP) is 4.63. The van der Waals surface area contributed by atoms with Crippen LogP contribution in [-0.2, 0) is 0 Å². The fraction of sp³-hybridized carbons (Fsp3) is 0.538. The second-order valence-electron chi connectivity index (χ2n) is 4.51. The van der Waals surface area contributed by atoms with Gasteiger partial charge in [0.25, 0.3) is 0 Å². The lowest BCUT2D eigenvalue weighted by Crippen LogP contribution is -2.10. The molecule has 1 fully saturated rings. The van der Waals surface area contributed by atoms with Crippen LogP contribution in [0.5, 0.6) is 0 Å². The minimum atomic E-state index is 0.755. The zero-order chi connectivity index (χ0) is 9.97. The van der Waals surface area contributed by atoms with Crippen molar-refractivity contribution in [3.05, 3.63) is 34.9 Å². The molecule has 0 unspecified atom stereocenters. The van der Waals surface area contributed by atoms with Gasteiger partial charge in [0, 0.05) is 5.02 Å². The Hall–Kier alpha value is -0.490. The van der Waals surface area contributed by atoms with Crippen LogP contribution in [0.2, 0.25) is 5.02 Å². The van der Waals surface area contributed by atoms with Crippen molar-refractivity contribution in [2.75, 3.05) is 0 Å². The van der Waals surface area contributed by atoms with Crippen LogP contribution in [0.3, 0.4) is 0 Å². The second-order valence-corrected chi connectivity index (χ2v) is 4.95. The van der Waals surface area contributed by atoms with Crippen molar-refractivity contribution < 1.29 is 0 Å². The van der Waals surface area contributed by atoms with Gasteiger partial charge in [0.05, 0.1) is 0 Å². The number of hydrogen-bond donors (Lipinski definition) is 0. The average molecular weight is 209 g/mol. The molecular weight excluding hydrogens is 192 g/mol. The second kappa shape index (κ2) is 4.35. The third kappa shape index (κ3) is 2.30. The molecule has 76 valence electrons. The van der Waals surface area contributed by atoms with Gasteiger partial charge < -0.3 is 0 Å². The third-order valence-electron chi connectivity index (χ3n) is 3.34. The fourth-order valence-corrected chi connectivity index (χ4v) is 2.55. The highest BCUT2D eigenvalue weighted by atomic mass is 35.5. The summed E-state index contributed by atoms with van der Waals surface area (Å²) in [7, 11) is 0. The molecule has 0 amide bonds. The van der Waals surface area contributed by atoms with Crippen LogP contribution >= 0.6 is 11.6 Å². The van der Waals surface area contributed by atoms with E-state index in [0.717, 1.165) is 16.9 Å². The lowest BCUT2D eigenvalue weighted by molar-refractivity contribution is 0.348. The van der Waals surface area contributed by atoms with Crippen molar-refractivity contribution in [1.82, 2.24) is 0 Å². The molecule has 14 heavy (non-hydrogen) atoms. The monoisotopic (exact) mass is 208 g/mol. The Labute approximate surface area is 91.3 Å². The molecule has 2 rings (SSSR count). The summed E-state index contributed by atoms with van der Waals surface area (Å²) >= 11 is 5.99. The summed E-state index contributed by atoms with van der Waals surface area (Å²) < 4.78 is 0. The van der Waals surface area contributed by atoms with E-state index in [-0.39, 0.29) is 0 Å².